The number of rotatable bonds is 3. The third-order valence-corrected chi connectivity index (χ3v) is 4.24. The minimum absolute atomic E-state index is 0.0499. The lowest BCUT2D eigenvalue weighted by molar-refractivity contribution is -0.129. The first-order valence-electron chi connectivity index (χ1n) is 8.08. The van der Waals surface area contributed by atoms with Gasteiger partial charge < -0.3 is 10.2 Å². The van der Waals surface area contributed by atoms with E-state index < -0.39 is 11.9 Å². The molecule has 0 saturated carbocycles. The molecular formula is C20H19FN2O2. The highest BCUT2D eigenvalue weighted by Crippen LogP contribution is 2.33. The second-order valence-electron chi connectivity index (χ2n) is 6.12. The van der Waals surface area contributed by atoms with Crippen molar-refractivity contribution < 1.29 is 14.0 Å². The largest absolute Gasteiger partial charge is 0.324 e. The zero-order chi connectivity index (χ0) is 18.0. The van der Waals surface area contributed by atoms with Gasteiger partial charge in [-0.05, 0) is 41.8 Å². The summed E-state index contributed by atoms with van der Waals surface area (Å²) >= 11 is 0. The van der Waals surface area contributed by atoms with Gasteiger partial charge in [-0.25, -0.2) is 4.39 Å². The Kier molecular flexibility index (Phi) is 4.65. The van der Waals surface area contributed by atoms with Crippen LogP contribution in [0.3, 0.4) is 0 Å². The number of aryl methyl sites for hydroxylation is 1. The van der Waals surface area contributed by atoms with Crippen molar-refractivity contribution in [3.05, 3.63) is 71.2 Å². The number of fused-ring (bicyclic) bond motifs is 1. The maximum atomic E-state index is 13.9. The Morgan fingerprint density at radius 2 is 1.96 bits per heavy atom. The van der Waals surface area contributed by atoms with Crippen LogP contribution in [0.15, 0.2) is 48.7 Å². The number of carbonyl (C=O) groups is 2. The van der Waals surface area contributed by atoms with Crippen LogP contribution in [-0.4, -0.2) is 16.7 Å². The average molecular weight is 338 g/mol. The fourth-order valence-corrected chi connectivity index (χ4v) is 3.02. The zero-order valence-corrected chi connectivity index (χ0v) is 14.1. The summed E-state index contributed by atoms with van der Waals surface area (Å²) in [5.41, 5.74) is 2.88. The van der Waals surface area contributed by atoms with Crippen molar-refractivity contribution >= 4 is 23.6 Å². The van der Waals surface area contributed by atoms with Crippen LogP contribution >= 0.6 is 0 Å². The standard InChI is InChI=1S/C20H19FN2O2/c1-13-7-8-17(21)18(11-13)22-20(25)12-19-16-6-4-3-5-15(16)9-10-23(19)14(2)24/h3-11,19H,12H2,1-2H3,(H,22,25)/t19-/m1/s1. The molecule has 0 aromatic heterocycles. The van der Waals surface area contributed by atoms with Crippen LogP contribution in [0.2, 0.25) is 0 Å². The van der Waals surface area contributed by atoms with E-state index in [1.807, 2.05) is 37.3 Å². The second-order valence-corrected chi connectivity index (χ2v) is 6.12. The van der Waals surface area contributed by atoms with Crippen molar-refractivity contribution in [2.24, 2.45) is 0 Å². The molecule has 2 aromatic rings. The van der Waals surface area contributed by atoms with Gasteiger partial charge in [0.15, 0.2) is 0 Å². The summed E-state index contributed by atoms with van der Waals surface area (Å²) in [4.78, 5) is 26.0. The van der Waals surface area contributed by atoms with Gasteiger partial charge in [0.05, 0.1) is 18.2 Å². The highest BCUT2D eigenvalue weighted by atomic mass is 19.1. The smallest absolute Gasteiger partial charge is 0.226 e. The number of nitrogens with one attached hydrogen (secondary N) is 1. The number of carbonyl (C=O) groups excluding carboxylic acids is 2. The molecule has 0 radical (unpaired) electrons. The predicted octanol–water partition coefficient (Wildman–Crippen LogP) is 4.04. The second kappa shape index (κ2) is 6.89. The highest BCUT2D eigenvalue weighted by Gasteiger charge is 2.28. The van der Waals surface area contributed by atoms with Crippen LogP contribution in [0.4, 0.5) is 10.1 Å². The first-order chi connectivity index (χ1) is 12.0. The molecule has 0 spiro atoms. The Balaban J connectivity index is 1.84. The molecular weight excluding hydrogens is 319 g/mol. The molecule has 2 amide bonds. The molecule has 1 atom stereocenters. The van der Waals surface area contributed by atoms with Crippen LogP contribution in [0.1, 0.15) is 36.1 Å². The van der Waals surface area contributed by atoms with Crippen LogP contribution in [0.25, 0.3) is 6.08 Å². The molecule has 3 rings (SSSR count). The molecule has 0 saturated heterocycles. The van der Waals surface area contributed by atoms with E-state index in [-0.39, 0.29) is 23.9 Å². The molecule has 1 heterocycles. The molecule has 1 N–H and O–H groups in total. The SMILES string of the molecule is CC(=O)N1C=Cc2ccccc2[C@H]1CC(=O)Nc1cc(C)ccc1F. The predicted molar refractivity (Wildman–Crippen MR) is 95.1 cm³/mol. The van der Waals surface area contributed by atoms with Gasteiger partial charge in [0.25, 0.3) is 0 Å². The maximum absolute atomic E-state index is 13.9. The first-order valence-corrected chi connectivity index (χ1v) is 8.08. The number of nitrogens with zero attached hydrogens (tertiary/aromatic N) is 1. The monoisotopic (exact) mass is 338 g/mol. The minimum atomic E-state index is -0.480. The van der Waals surface area contributed by atoms with Gasteiger partial charge >= 0.3 is 0 Å². The molecule has 0 fully saturated rings. The molecule has 5 heteroatoms. The summed E-state index contributed by atoms with van der Waals surface area (Å²) in [5.74, 6) is -0.970. The Labute approximate surface area is 146 Å². The molecule has 0 unspecified atom stereocenters. The van der Waals surface area contributed by atoms with Gasteiger partial charge in [-0.15, -0.1) is 0 Å². The lowest BCUT2D eigenvalue weighted by Crippen LogP contribution is -2.33. The number of hydrogen-bond acceptors (Lipinski definition) is 2. The Morgan fingerprint density at radius 1 is 1.20 bits per heavy atom. The van der Waals surface area contributed by atoms with E-state index in [0.29, 0.717) is 0 Å². The molecule has 128 valence electrons. The summed E-state index contributed by atoms with van der Waals surface area (Å²) in [7, 11) is 0. The molecule has 1 aliphatic rings. The van der Waals surface area contributed by atoms with E-state index in [9.17, 15) is 14.0 Å². The quantitative estimate of drug-likeness (QED) is 0.918. The van der Waals surface area contributed by atoms with Crippen molar-refractivity contribution in [1.82, 2.24) is 4.90 Å². The van der Waals surface area contributed by atoms with Gasteiger partial charge in [-0.2, -0.15) is 0 Å². The molecule has 0 aliphatic carbocycles. The fourth-order valence-electron chi connectivity index (χ4n) is 3.02. The van der Waals surface area contributed by atoms with E-state index >= 15 is 0 Å². The fraction of sp³-hybridized carbons (Fsp3) is 0.200. The zero-order valence-electron chi connectivity index (χ0n) is 14.1. The van der Waals surface area contributed by atoms with Crippen molar-refractivity contribution in [3.63, 3.8) is 0 Å². The molecule has 0 bridgehead atoms. The highest BCUT2D eigenvalue weighted by molar-refractivity contribution is 5.92. The van der Waals surface area contributed by atoms with Crippen LogP contribution in [0.5, 0.6) is 0 Å². The Hall–Kier alpha value is -2.95. The lowest BCUT2D eigenvalue weighted by atomic mass is 9.93. The van der Waals surface area contributed by atoms with Crippen molar-refractivity contribution in [2.45, 2.75) is 26.3 Å². The maximum Gasteiger partial charge on any atom is 0.226 e. The van der Waals surface area contributed by atoms with Gasteiger partial charge in [0.2, 0.25) is 11.8 Å². The average Bonchev–Trinajstić information content (AvgIpc) is 2.58. The van der Waals surface area contributed by atoms with Crippen LogP contribution < -0.4 is 5.32 Å². The molecule has 2 aromatic carbocycles. The molecule has 1 aliphatic heterocycles. The third-order valence-electron chi connectivity index (χ3n) is 4.24. The lowest BCUT2D eigenvalue weighted by Gasteiger charge is -2.32. The summed E-state index contributed by atoms with van der Waals surface area (Å²) in [6, 6.07) is 11.8. The first kappa shape index (κ1) is 16.9. The van der Waals surface area contributed by atoms with Crippen LogP contribution in [-0.2, 0) is 9.59 Å². The topological polar surface area (TPSA) is 49.4 Å². The Morgan fingerprint density at radius 3 is 2.72 bits per heavy atom. The summed E-state index contributed by atoms with van der Waals surface area (Å²) < 4.78 is 13.9. The normalized spacial score (nSPS) is 15.6. The number of benzene rings is 2. The van der Waals surface area contributed by atoms with Gasteiger partial charge in [0.1, 0.15) is 5.82 Å². The molecule has 25 heavy (non-hydrogen) atoms. The van der Waals surface area contributed by atoms with Gasteiger partial charge in [0, 0.05) is 13.1 Å². The summed E-state index contributed by atoms with van der Waals surface area (Å²) in [5, 5.41) is 2.61. The van der Waals surface area contributed by atoms with E-state index in [0.717, 1.165) is 16.7 Å². The van der Waals surface area contributed by atoms with E-state index in [1.165, 1.54) is 17.9 Å². The van der Waals surface area contributed by atoms with Crippen molar-refractivity contribution in [2.75, 3.05) is 5.32 Å². The third kappa shape index (κ3) is 3.60. The summed E-state index contributed by atoms with van der Waals surface area (Å²) in [6.45, 7) is 3.29. The van der Waals surface area contributed by atoms with Crippen molar-refractivity contribution in [3.8, 4) is 0 Å². The summed E-state index contributed by atoms with van der Waals surface area (Å²) in [6.07, 6.45) is 3.59. The van der Waals surface area contributed by atoms with E-state index in [1.54, 1.807) is 18.3 Å². The van der Waals surface area contributed by atoms with Gasteiger partial charge in [-0.3, -0.25) is 9.59 Å². The number of anilines is 1. The van der Waals surface area contributed by atoms with Crippen molar-refractivity contribution in [1.29, 1.82) is 0 Å². The van der Waals surface area contributed by atoms with Gasteiger partial charge in [-0.1, -0.05) is 30.3 Å². The number of amides is 2. The number of halogens is 1. The van der Waals surface area contributed by atoms with E-state index in [4.69, 9.17) is 0 Å². The number of hydrogen-bond donors (Lipinski definition) is 1. The van der Waals surface area contributed by atoms with E-state index in [2.05, 4.69) is 5.32 Å². The van der Waals surface area contributed by atoms with Crippen LogP contribution in [0, 0.1) is 12.7 Å². The Bertz CT molecular complexity index is 861. The molecule has 4 nitrogen and oxygen atoms in total. The minimum Gasteiger partial charge on any atom is -0.324 e.